The molecule has 0 aromatic carbocycles. The summed E-state index contributed by atoms with van der Waals surface area (Å²) in [5.74, 6) is 0.238. The number of hydrogen-bond donors (Lipinski definition) is 1. The summed E-state index contributed by atoms with van der Waals surface area (Å²) in [6.07, 6.45) is 5.68. The van der Waals surface area contributed by atoms with Gasteiger partial charge in [-0.05, 0) is 30.7 Å². The number of pyridine rings is 2. The maximum absolute atomic E-state index is 5.88. The van der Waals surface area contributed by atoms with Crippen molar-refractivity contribution in [3.63, 3.8) is 0 Å². The second-order valence-corrected chi connectivity index (χ2v) is 5.11. The lowest BCUT2D eigenvalue weighted by molar-refractivity contribution is 0.738. The fourth-order valence-electron chi connectivity index (χ4n) is 2.52. The minimum Gasteiger partial charge on any atom is -0.330 e. The molecule has 0 fully saturated rings. The van der Waals surface area contributed by atoms with Crippen molar-refractivity contribution < 1.29 is 0 Å². The van der Waals surface area contributed by atoms with Crippen LogP contribution in [0.1, 0.15) is 24.1 Å². The first-order valence-electron chi connectivity index (χ1n) is 6.80. The topological polar surface area (TPSA) is 56.2 Å². The van der Waals surface area contributed by atoms with E-state index in [1.54, 1.807) is 6.20 Å². The van der Waals surface area contributed by atoms with Crippen LogP contribution in [0.15, 0.2) is 42.9 Å². The van der Waals surface area contributed by atoms with Gasteiger partial charge in [-0.3, -0.25) is 4.98 Å². The highest BCUT2D eigenvalue weighted by Gasteiger charge is 2.19. The zero-order valence-corrected chi connectivity index (χ0v) is 11.7. The smallest absolute Gasteiger partial charge is 0.140 e. The molecule has 3 aromatic rings. The second kappa shape index (κ2) is 5.06. The first-order chi connectivity index (χ1) is 9.72. The number of fused-ring (bicyclic) bond motifs is 1. The average molecular weight is 266 g/mol. The summed E-state index contributed by atoms with van der Waals surface area (Å²) in [4.78, 5) is 9.02. The average Bonchev–Trinajstić information content (AvgIpc) is 2.88. The Morgan fingerprint density at radius 1 is 1.30 bits per heavy atom. The SMILES string of the molecule is Cc1cccn2c(C(C)CN)c(-c3cccnc3)nc12. The fraction of sp³-hybridized carbons (Fsp3) is 0.250. The van der Waals surface area contributed by atoms with Crippen LogP contribution in [0.25, 0.3) is 16.9 Å². The second-order valence-electron chi connectivity index (χ2n) is 5.11. The molecule has 0 aliphatic rings. The van der Waals surface area contributed by atoms with E-state index in [1.165, 1.54) is 0 Å². The third-order valence-corrected chi connectivity index (χ3v) is 3.64. The van der Waals surface area contributed by atoms with Gasteiger partial charge in [0.25, 0.3) is 0 Å². The van der Waals surface area contributed by atoms with Gasteiger partial charge in [0.15, 0.2) is 0 Å². The van der Waals surface area contributed by atoms with Crippen molar-refractivity contribution >= 4 is 5.65 Å². The van der Waals surface area contributed by atoms with Gasteiger partial charge in [0, 0.05) is 36.6 Å². The van der Waals surface area contributed by atoms with Crippen LogP contribution in [0.4, 0.5) is 0 Å². The van der Waals surface area contributed by atoms with E-state index < -0.39 is 0 Å². The number of aryl methyl sites for hydroxylation is 1. The molecule has 0 amide bonds. The van der Waals surface area contributed by atoms with Gasteiger partial charge < -0.3 is 10.1 Å². The van der Waals surface area contributed by atoms with Gasteiger partial charge >= 0.3 is 0 Å². The Kier molecular flexibility index (Phi) is 3.24. The summed E-state index contributed by atoms with van der Waals surface area (Å²) in [5, 5.41) is 0. The van der Waals surface area contributed by atoms with Crippen LogP contribution in [0.3, 0.4) is 0 Å². The summed E-state index contributed by atoms with van der Waals surface area (Å²) < 4.78 is 2.15. The Hall–Kier alpha value is -2.20. The van der Waals surface area contributed by atoms with Crippen molar-refractivity contribution in [2.75, 3.05) is 6.54 Å². The van der Waals surface area contributed by atoms with Crippen LogP contribution >= 0.6 is 0 Å². The Bertz CT molecular complexity index is 731. The van der Waals surface area contributed by atoms with E-state index in [0.717, 1.165) is 28.2 Å². The largest absolute Gasteiger partial charge is 0.330 e. The normalized spacial score (nSPS) is 12.8. The molecule has 3 rings (SSSR count). The number of hydrogen-bond acceptors (Lipinski definition) is 3. The molecule has 0 aliphatic heterocycles. The molecule has 0 bridgehead atoms. The van der Waals surface area contributed by atoms with Crippen LogP contribution in [0, 0.1) is 6.92 Å². The standard InChI is InChI=1S/C16H18N4/c1-11-5-4-8-20-15(12(2)9-17)14(19-16(11)20)13-6-3-7-18-10-13/h3-8,10,12H,9,17H2,1-2H3. The molecule has 1 unspecified atom stereocenters. The van der Waals surface area contributed by atoms with Crippen LogP contribution in [-0.2, 0) is 0 Å². The molecule has 102 valence electrons. The number of imidazole rings is 1. The molecular weight excluding hydrogens is 248 g/mol. The van der Waals surface area contributed by atoms with E-state index in [0.29, 0.717) is 6.54 Å². The predicted molar refractivity (Wildman–Crippen MR) is 80.6 cm³/mol. The lowest BCUT2D eigenvalue weighted by Gasteiger charge is -2.11. The van der Waals surface area contributed by atoms with Crippen molar-refractivity contribution in [3.05, 3.63) is 54.1 Å². The molecule has 2 N–H and O–H groups in total. The highest BCUT2D eigenvalue weighted by atomic mass is 15.0. The summed E-state index contributed by atoms with van der Waals surface area (Å²) in [7, 11) is 0. The van der Waals surface area contributed by atoms with Gasteiger partial charge in [0.2, 0.25) is 0 Å². The first kappa shape index (κ1) is 12.8. The Balaban J connectivity index is 2.33. The van der Waals surface area contributed by atoms with E-state index in [1.807, 2.05) is 24.4 Å². The van der Waals surface area contributed by atoms with Gasteiger partial charge in [-0.25, -0.2) is 4.98 Å². The highest BCUT2D eigenvalue weighted by Crippen LogP contribution is 2.30. The molecule has 4 heteroatoms. The Labute approximate surface area is 118 Å². The monoisotopic (exact) mass is 266 g/mol. The summed E-state index contributed by atoms with van der Waals surface area (Å²) in [5.41, 5.74) is 11.2. The van der Waals surface area contributed by atoms with E-state index >= 15 is 0 Å². The van der Waals surface area contributed by atoms with Crippen LogP contribution in [0.5, 0.6) is 0 Å². The maximum Gasteiger partial charge on any atom is 0.140 e. The zero-order chi connectivity index (χ0) is 14.1. The van der Waals surface area contributed by atoms with E-state index in [4.69, 9.17) is 10.7 Å². The summed E-state index contributed by atoms with van der Waals surface area (Å²) in [6, 6.07) is 8.09. The summed E-state index contributed by atoms with van der Waals surface area (Å²) in [6.45, 7) is 4.80. The lowest BCUT2D eigenvalue weighted by atomic mass is 10.0. The van der Waals surface area contributed by atoms with Gasteiger partial charge in [0.1, 0.15) is 5.65 Å². The molecule has 0 spiro atoms. The quantitative estimate of drug-likeness (QED) is 0.793. The predicted octanol–water partition coefficient (Wildman–Crippen LogP) is 2.77. The van der Waals surface area contributed by atoms with E-state index in [-0.39, 0.29) is 5.92 Å². The molecule has 1 atom stereocenters. The van der Waals surface area contributed by atoms with Gasteiger partial charge in [-0.2, -0.15) is 0 Å². The van der Waals surface area contributed by atoms with Crippen molar-refractivity contribution in [2.24, 2.45) is 5.73 Å². The number of rotatable bonds is 3. The van der Waals surface area contributed by atoms with Crippen molar-refractivity contribution in [1.82, 2.24) is 14.4 Å². The van der Waals surface area contributed by atoms with Crippen molar-refractivity contribution in [2.45, 2.75) is 19.8 Å². The third-order valence-electron chi connectivity index (χ3n) is 3.64. The molecule has 0 saturated carbocycles. The molecule has 0 aliphatic carbocycles. The first-order valence-corrected chi connectivity index (χ1v) is 6.80. The van der Waals surface area contributed by atoms with Crippen LogP contribution in [-0.4, -0.2) is 20.9 Å². The maximum atomic E-state index is 5.88. The van der Waals surface area contributed by atoms with Gasteiger partial charge in [0.05, 0.1) is 11.4 Å². The summed E-state index contributed by atoms with van der Waals surface area (Å²) >= 11 is 0. The molecule has 3 heterocycles. The van der Waals surface area contributed by atoms with Crippen LogP contribution < -0.4 is 5.73 Å². The van der Waals surface area contributed by atoms with Gasteiger partial charge in [-0.15, -0.1) is 0 Å². The van der Waals surface area contributed by atoms with E-state index in [2.05, 4.69) is 35.5 Å². The lowest BCUT2D eigenvalue weighted by Crippen LogP contribution is -2.12. The number of aromatic nitrogens is 3. The van der Waals surface area contributed by atoms with Crippen molar-refractivity contribution in [3.8, 4) is 11.3 Å². The fourth-order valence-corrected chi connectivity index (χ4v) is 2.52. The Morgan fingerprint density at radius 3 is 2.85 bits per heavy atom. The zero-order valence-electron chi connectivity index (χ0n) is 11.7. The molecular formula is C16H18N4. The van der Waals surface area contributed by atoms with Gasteiger partial charge in [-0.1, -0.05) is 13.0 Å². The number of nitrogens with zero attached hydrogens (tertiary/aromatic N) is 3. The molecule has 0 radical (unpaired) electrons. The molecule has 3 aromatic heterocycles. The highest BCUT2D eigenvalue weighted by molar-refractivity contribution is 5.68. The molecule has 0 saturated heterocycles. The number of nitrogens with two attached hydrogens (primary N) is 1. The minimum atomic E-state index is 0.238. The van der Waals surface area contributed by atoms with E-state index in [9.17, 15) is 0 Å². The third kappa shape index (κ3) is 1.98. The minimum absolute atomic E-state index is 0.238. The molecule has 4 nitrogen and oxygen atoms in total. The van der Waals surface area contributed by atoms with Crippen molar-refractivity contribution in [1.29, 1.82) is 0 Å². The van der Waals surface area contributed by atoms with Crippen LogP contribution in [0.2, 0.25) is 0 Å². The molecule has 20 heavy (non-hydrogen) atoms. The Morgan fingerprint density at radius 2 is 2.15 bits per heavy atom.